The molecule has 0 radical (unpaired) electrons. The average Bonchev–Trinajstić information content (AvgIpc) is 2.56. The van der Waals surface area contributed by atoms with E-state index in [1.165, 1.54) is 12.2 Å². The smallest absolute Gasteiger partial charge is 0.112 e. The van der Waals surface area contributed by atoms with E-state index in [-0.39, 0.29) is 0 Å². The van der Waals surface area contributed by atoms with Gasteiger partial charge in [0.1, 0.15) is 5.82 Å². The van der Waals surface area contributed by atoms with E-state index in [2.05, 4.69) is 30.4 Å². The van der Waals surface area contributed by atoms with E-state index in [0.29, 0.717) is 17.4 Å². The van der Waals surface area contributed by atoms with E-state index in [1.54, 1.807) is 0 Å². The molecule has 1 saturated carbocycles. The molecule has 84 valence electrons. The van der Waals surface area contributed by atoms with Gasteiger partial charge in [-0.2, -0.15) is 0 Å². The predicted molar refractivity (Wildman–Crippen MR) is 61.6 cm³/mol. The van der Waals surface area contributed by atoms with E-state index < -0.39 is 0 Å². The molecule has 0 aromatic carbocycles. The van der Waals surface area contributed by atoms with E-state index in [1.807, 2.05) is 12.4 Å². The maximum atomic E-state index is 6.07. The topological polar surface area (TPSA) is 43.8 Å². The number of nitrogens with two attached hydrogens (primary N) is 1. The van der Waals surface area contributed by atoms with Gasteiger partial charge in [0.2, 0.25) is 0 Å². The van der Waals surface area contributed by atoms with Crippen LogP contribution in [0.2, 0.25) is 0 Å². The number of aromatic nitrogens is 2. The maximum Gasteiger partial charge on any atom is 0.112 e. The van der Waals surface area contributed by atoms with E-state index in [4.69, 9.17) is 5.73 Å². The quantitative estimate of drug-likeness (QED) is 0.766. The van der Waals surface area contributed by atoms with Gasteiger partial charge in [-0.1, -0.05) is 13.8 Å². The predicted octanol–water partition coefficient (Wildman–Crippen LogP) is 2.04. The molecule has 0 bridgehead atoms. The molecule has 1 aliphatic rings. The number of hydrogen-bond donors (Lipinski definition) is 1. The highest BCUT2D eigenvalue weighted by Crippen LogP contribution is 2.45. The average molecular weight is 207 g/mol. The van der Waals surface area contributed by atoms with Gasteiger partial charge in [-0.05, 0) is 24.7 Å². The summed E-state index contributed by atoms with van der Waals surface area (Å²) in [4.78, 5) is 4.48. The summed E-state index contributed by atoms with van der Waals surface area (Å²) in [7, 11) is 2.07. The zero-order chi connectivity index (χ0) is 11.1. The molecule has 1 aliphatic carbocycles. The van der Waals surface area contributed by atoms with Gasteiger partial charge in [0.05, 0.1) is 0 Å². The van der Waals surface area contributed by atoms with Gasteiger partial charge in [0.15, 0.2) is 0 Å². The van der Waals surface area contributed by atoms with Crippen molar-refractivity contribution in [1.82, 2.24) is 9.55 Å². The highest BCUT2D eigenvalue weighted by atomic mass is 15.0. The fourth-order valence-corrected chi connectivity index (χ4v) is 2.64. The molecule has 0 saturated heterocycles. The van der Waals surface area contributed by atoms with Gasteiger partial charge < -0.3 is 10.3 Å². The van der Waals surface area contributed by atoms with Crippen molar-refractivity contribution in [2.45, 2.75) is 45.1 Å². The second-order valence-electron chi connectivity index (χ2n) is 5.47. The van der Waals surface area contributed by atoms with Crippen LogP contribution in [0.15, 0.2) is 12.4 Å². The lowest BCUT2D eigenvalue weighted by Crippen LogP contribution is -2.37. The van der Waals surface area contributed by atoms with Crippen molar-refractivity contribution in [2.24, 2.45) is 18.2 Å². The summed E-state index contributed by atoms with van der Waals surface area (Å²) >= 11 is 0. The van der Waals surface area contributed by atoms with Gasteiger partial charge in [0, 0.05) is 31.4 Å². The summed E-state index contributed by atoms with van der Waals surface area (Å²) in [5.41, 5.74) is 6.39. The van der Waals surface area contributed by atoms with Crippen LogP contribution in [0.3, 0.4) is 0 Å². The monoisotopic (exact) mass is 207 g/mol. The van der Waals surface area contributed by atoms with Crippen molar-refractivity contribution in [1.29, 1.82) is 0 Å². The second kappa shape index (κ2) is 3.63. The summed E-state index contributed by atoms with van der Waals surface area (Å²) in [5.74, 6) is 1.69. The van der Waals surface area contributed by atoms with Crippen LogP contribution in [0.4, 0.5) is 0 Å². The normalized spacial score (nSPS) is 30.4. The Labute approximate surface area is 91.7 Å². The first-order valence-corrected chi connectivity index (χ1v) is 5.73. The second-order valence-corrected chi connectivity index (χ2v) is 5.47. The Bertz CT molecular complexity index is 340. The third-order valence-electron chi connectivity index (χ3n) is 3.81. The third-order valence-corrected chi connectivity index (χ3v) is 3.81. The molecule has 2 rings (SSSR count). The van der Waals surface area contributed by atoms with Crippen molar-refractivity contribution >= 4 is 0 Å². The van der Waals surface area contributed by atoms with Crippen LogP contribution in [0.5, 0.6) is 0 Å². The zero-order valence-corrected chi connectivity index (χ0v) is 9.90. The van der Waals surface area contributed by atoms with Crippen LogP contribution in [-0.2, 0) is 7.05 Å². The SMILES string of the molecule is Cn1ccnc1C1CC(N)CCC1(C)C. The summed E-state index contributed by atoms with van der Waals surface area (Å²) in [6, 6.07) is 0.347. The Morgan fingerprint density at radius 2 is 2.27 bits per heavy atom. The van der Waals surface area contributed by atoms with Gasteiger partial charge in [-0.15, -0.1) is 0 Å². The van der Waals surface area contributed by atoms with Crippen LogP contribution in [0.25, 0.3) is 0 Å². The Hall–Kier alpha value is -0.830. The Balaban J connectivity index is 2.29. The minimum atomic E-state index is 0.328. The summed E-state index contributed by atoms with van der Waals surface area (Å²) in [6.07, 6.45) is 7.31. The minimum absolute atomic E-state index is 0.328. The summed E-state index contributed by atoms with van der Waals surface area (Å²) in [6.45, 7) is 4.66. The van der Waals surface area contributed by atoms with Crippen LogP contribution >= 0.6 is 0 Å². The summed E-state index contributed by atoms with van der Waals surface area (Å²) < 4.78 is 2.13. The first kappa shape index (κ1) is 10.7. The molecule has 3 nitrogen and oxygen atoms in total. The number of imidazole rings is 1. The Morgan fingerprint density at radius 3 is 2.87 bits per heavy atom. The molecule has 2 unspecified atom stereocenters. The molecule has 0 aliphatic heterocycles. The highest BCUT2D eigenvalue weighted by molar-refractivity contribution is 5.08. The molecular weight excluding hydrogens is 186 g/mol. The first-order chi connectivity index (χ1) is 7.00. The number of rotatable bonds is 1. The molecule has 0 spiro atoms. The molecule has 2 N–H and O–H groups in total. The molecule has 1 fully saturated rings. The third kappa shape index (κ3) is 1.93. The van der Waals surface area contributed by atoms with Crippen LogP contribution in [0.1, 0.15) is 44.9 Å². The number of aryl methyl sites for hydroxylation is 1. The van der Waals surface area contributed by atoms with Crippen molar-refractivity contribution in [3.05, 3.63) is 18.2 Å². The van der Waals surface area contributed by atoms with Crippen LogP contribution < -0.4 is 5.73 Å². The lowest BCUT2D eigenvalue weighted by molar-refractivity contribution is 0.174. The fraction of sp³-hybridized carbons (Fsp3) is 0.750. The molecule has 1 aromatic rings. The van der Waals surface area contributed by atoms with Gasteiger partial charge >= 0.3 is 0 Å². The minimum Gasteiger partial charge on any atom is -0.338 e. The van der Waals surface area contributed by atoms with E-state index >= 15 is 0 Å². The van der Waals surface area contributed by atoms with Gasteiger partial charge in [-0.25, -0.2) is 4.98 Å². The van der Waals surface area contributed by atoms with Crippen molar-refractivity contribution in [2.75, 3.05) is 0 Å². The molecular formula is C12H21N3. The molecule has 15 heavy (non-hydrogen) atoms. The number of hydrogen-bond acceptors (Lipinski definition) is 2. The zero-order valence-electron chi connectivity index (χ0n) is 9.90. The van der Waals surface area contributed by atoms with Crippen molar-refractivity contribution in [3.63, 3.8) is 0 Å². The van der Waals surface area contributed by atoms with Gasteiger partial charge in [0.25, 0.3) is 0 Å². The maximum absolute atomic E-state index is 6.07. The largest absolute Gasteiger partial charge is 0.338 e. The fourth-order valence-electron chi connectivity index (χ4n) is 2.64. The van der Waals surface area contributed by atoms with Crippen LogP contribution in [0, 0.1) is 5.41 Å². The molecule has 1 aromatic heterocycles. The van der Waals surface area contributed by atoms with E-state index in [0.717, 1.165) is 12.8 Å². The summed E-state index contributed by atoms with van der Waals surface area (Å²) in [5, 5.41) is 0. The highest BCUT2D eigenvalue weighted by Gasteiger charge is 2.38. The standard InChI is InChI=1S/C12H21N3/c1-12(2)5-4-9(13)8-10(12)11-14-6-7-15(11)3/h6-7,9-10H,4-5,8,13H2,1-3H3. The lowest BCUT2D eigenvalue weighted by Gasteiger charge is -2.40. The molecule has 0 amide bonds. The Kier molecular flexibility index (Phi) is 2.59. The first-order valence-electron chi connectivity index (χ1n) is 5.73. The molecule has 3 heteroatoms. The van der Waals surface area contributed by atoms with Crippen molar-refractivity contribution < 1.29 is 0 Å². The number of nitrogens with zero attached hydrogens (tertiary/aromatic N) is 2. The van der Waals surface area contributed by atoms with Crippen molar-refractivity contribution in [3.8, 4) is 0 Å². The lowest BCUT2D eigenvalue weighted by atomic mass is 9.67. The molecule has 2 atom stereocenters. The Morgan fingerprint density at radius 1 is 1.53 bits per heavy atom. The van der Waals surface area contributed by atoms with Gasteiger partial charge in [-0.3, -0.25) is 0 Å². The molecule has 1 heterocycles. The van der Waals surface area contributed by atoms with Crippen LogP contribution in [-0.4, -0.2) is 15.6 Å². The van der Waals surface area contributed by atoms with E-state index in [9.17, 15) is 0 Å².